The molecule has 0 aromatic heterocycles. The zero-order valence-corrected chi connectivity index (χ0v) is 9.72. The normalized spacial score (nSPS) is 22.0. The van der Waals surface area contributed by atoms with Crippen molar-refractivity contribution >= 4 is 5.91 Å². The number of carbonyl (C=O) groups is 1. The molecule has 1 unspecified atom stereocenters. The third kappa shape index (κ3) is 3.55. The number of nitrogens with zero attached hydrogens (tertiary/aromatic N) is 1. The first-order valence-electron chi connectivity index (χ1n) is 5.42. The number of hydrogen-bond acceptors (Lipinski definition) is 2. The van der Waals surface area contributed by atoms with Crippen LogP contribution in [0.2, 0.25) is 0 Å². The van der Waals surface area contributed by atoms with E-state index in [1.54, 1.807) is 0 Å². The second-order valence-electron chi connectivity index (χ2n) is 4.64. The fraction of sp³-hybridized carbons (Fsp3) is 0.900. The Morgan fingerprint density at radius 1 is 1.47 bits per heavy atom. The van der Waals surface area contributed by atoms with Gasteiger partial charge in [-0.2, -0.15) is 8.78 Å². The lowest BCUT2D eigenvalue weighted by Gasteiger charge is -2.22. The highest BCUT2D eigenvalue weighted by Crippen LogP contribution is 2.25. The molecule has 0 bridgehead atoms. The van der Waals surface area contributed by atoms with Crippen LogP contribution >= 0.6 is 0 Å². The van der Waals surface area contributed by atoms with Gasteiger partial charge < -0.3 is 4.90 Å². The summed E-state index contributed by atoms with van der Waals surface area (Å²) in [6, 6.07) is -0.538. The van der Waals surface area contributed by atoms with Crippen LogP contribution in [0.4, 0.5) is 17.6 Å². The van der Waals surface area contributed by atoms with E-state index in [4.69, 9.17) is 0 Å². The summed E-state index contributed by atoms with van der Waals surface area (Å²) < 4.78 is 49.6. The predicted molar refractivity (Wildman–Crippen MR) is 53.9 cm³/mol. The van der Waals surface area contributed by atoms with Gasteiger partial charge in [0.05, 0.1) is 19.3 Å². The van der Waals surface area contributed by atoms with E-state index >= 15 is 0 Å². The summed E-state index contributed by atoms with van der Waals surface area (Å²) in [6.07, 6.45) is -3.24. The Kier molecular flexibility index (Phi) is 4.35. The molecule has 0 aromatic rings. The van der Waals surface area contributed by atoms with Gasteiger partial charge in [-0.05, 0) is 12.3 Å². The van der Waals surface area contributed by atoms with Crippen LogP contribution in [-0.2, 0) is 4.79 Å². The third-order valence-electron chi connectivity index (χ3n) is 2.57. The summed E-state index contributed by atoms with van der Waals surface area (Å²) in [5.41, 5.74) is 0. The third-order valence-corrected chi connectivity index (χ3v) is 2.57. The second-order valence-corrected chi connectivity index (χ2v) is 4.64. The van der Waals surface area contributed by atoms with Crippen molar-refractivity contribution in [3.63, 3.8) is 0 Å². The van der Waals surface area contributed by atoms with Crippen molar-refractivity contribution in [1.29, 1.82) is 0 Å². The van der Waals surface area contributed by atoms with E-state index in [1.165, 1.54) is 0 Å². The van der Waals surface area contributed by atoms with E-state index in [9.17, 15) is 22.4 Å². The highest BCUT2D eigenvalue weighted by atomic mass is 19.3. The second kappa shape index (κ2) is 5.20. The Bertz CT molecular complexity index is 283. The molecule has 1 aliphatic rings. The fourth-order valence-corrected chi connectivity index (χ4v) is 1.72. The van der Waals surface area contributed by atoms with Gasteiger partial charge in [-0.15, -0.1) is 0 Å². The van der Waals surface area contributed by atoms with Crippen LogP contribution in [0.3, 0.4) is 0 Å². The monoisotopic (exact) mass is 256 g/mol. The predicted octanol–water partition coefficient (Wildman–Crippen LogP) is 1.69. The minimum atomic E-state index is -4.15. The van der Waals surface area contributed by atoms with Gasteiger partial charge in [-0.1, -0.05) is 13.8 Å². The molecular formula is C10H16F4N2O. The lowest BCUT2D eigenvalue weighted by molar-refractivity contribution is -0.153. The average Bonchev–Trinajstić information content (AvgIpc) is 2.48. The van der Waals surface area contributed by atoms with Gasteiger partial charge in [0.15, 0.2) is 0 Å². The van der Waals surface area contributed by atoms with E-state index in [0.717, 1.165) is 4.90 Å². The number of halogens is 4. The van der Waals surface area contributed by atoms with E-state index in [0.29, 0.717) is 6.42 Å². The molecule has 3 nitrogen and oxygen atoms in total. The first-order chi connectivity index (χ1) is 7.74. The number of amides is 1. The molecule has 1 N–H and O–H groups in total. The zero-order chi connectivity index (χ0) is 13.2. The first-order valence-corrected chi connectivity index (χ1v) is 5.42. The van der Waals surface area contributed by atoms with Crippen LogP contribution in [0.25, 0.3) is 0 Å². The van der Waals surface area contributed by atoms with E-state index in [1.807, 2.05) is 13.8 Å². The van der Waals surface area contributed by atoms with Crippen LogP contribution in [0, 0.1) is 5.92 Å². The van der Waals surface area contributed by atoms with Crippen molar-refractivity contribution < 1.29 is 22.4 Å². The van der Waals surface area contributed by atoms with Crippen LogP contribution in [0.5, 0.6) is 0 Å². The summed E-state index contributed by atoms with van der Waals surface area (Å²) in [5.74, 6) is -4.45. The highest BCUT2D eigenvalue weighted by Gasteiger charge is 2.45. The lowest BCUT2D eigenvalue weighted by Crippen LogP contribution is -2.43. The quantitative estimate of drug-likeness (QED) is 0.759. The number of carbonyl (C=O) groups excluding carboxylic acids is 1. The van der Waals surface area contributed by atoms with Crippen LogP contribution in [-0.4, -0.2) is 42.4 Å². The maximum Gasteiger partial charge on any atom is 0.324 e. The van der Waals surface area contributed by atoms with Crippen molar-refractivity contribution in [2.24, 2.45) is 5.92 Å². The summed E-state index contributed by atoms with van der Waals surface area (Å²) >= 11 is 0. The Balaban J connectivity index is 2.56. The van der Waals surface area contributed by atoms with E-state index in [-0.39, 0.29) is 12.6 Å². The van der Waals surface area contributed by atoms with Gasteiger partial charge in [0.25, 0.3) is 0 Å². The smallest absolute Gasteiger partial charge is 0.322 e. The molecule has 0 aliphatic carbocycles. The molecule has 0 spiro atoms. The highest BCUT2D eigenvalue weighted by molar-refractivity contribution is 5.83. The van der Waals surface area contributed by atoms with Gasteiger partial charge in [0.1, 0.15) is 0 Å². The SMILES string of the molecule is CC(C)CC1NCN(CC(F)(F)C(F)F)C1=O. The van der Waals surface area contributed by atoms with Gasteiger partial charge in [-0.25, -0.2) is 8.78 Å². The Labute approximate surface area is 97.2 Å². The molecule has 1 amide bonds. The standard InChI is InChI=1S/C10H16F4N2O/c1-6(2)3-7-8(17)16(5-15-7)4-10(13,14)9(11)12/h6-7,9,15H,3-5H2,1-2H3. The summed E-state index contributed by atoms with van der Waals surface area (Å²) in [5, 5.41) is 2.75. The zero-order valence-electron chi connectivity index (χ0n) is 9.72. The number of rotatable bonds is 5. The largest absolute Gasteiger partial charge is 0.324 e. The van der Waals surface area contributed by atoms with Crippen molar-refractivity contribution in [2.45, 2.75) is 38.7 Å². The topological polar surface area (TPSA) is 32.3 Å². The van der Waals surface area contributed by atoms with Crippen molar-refractivity contribution in [2.75, 3.05) is 13.2 Å². The van der Waals surface area contributed by atoms with Crippen LogP contribution in [0.15, 0.2) is 0 Å². The molecule has 1 atom stereocenters. The summed E-state index contributed by atoms with van der Waals surface area (Å²) in [6.45, 7) is 2.46. The van der Waals surface area contributed by atoms with Crippen LogP contribution < -0.4 is 5.32 Å². The van der Waals surface area contributed by atoms with Crippen molar-refractivity contribution in [3.05, 3.63) is 0 Å². The van der Waals surface area contributed by atoms with Gasteiger partial charge in [0, 0.05) is 0 Å². The minimum Gasteiger partial charge on any atom is -0.322 e. The van der Waals surface area contributed by atoms with E-state index < -0.39 is 30.8 Å². The molecule has 1 aliphatic heterocycles. The lowest BCUT2D eigenvalue weighted by atomic mass is 10.0. The molecule has 1 rings (SSSR count). The average molecular weight is 256 g/mol. The molecule has 17 heavy (non-hydrogen) atoms. The first kappa shape index (κ1) is 14.2. The molecule has 1 fully saturated rings. The van der Waals surface area contributed by atoms with E-state index in [2.05, 4.69) is 5.32 Å². The van der Waals surface area contributed by atoms with Gasteiger partial charge in [0.2, 0.25) is 5.91 Å². The number of nitrogens with one attached hydrogen (secondary N) is 1. The molecule has 0 saturated carbocycles. The number of hydrogen-bond donors (Lipinski definition) is 1. The van der Waals surface area contributed by atoms with Gasteiger partial charge >= 0.3 is 12.3 Å². The fourth-order valence-electron chi connectivity index (χ4n) is 1.72. The number of alkyl halides is 4. The van der Waals surface area contributed by atoms with Crippen LogP contribution in [0.1, 0.15) is 20.3 Å². The summed E-state index contributed by atoms with van der Waals surface area (Å²) in [4.78, 5) is 12.4. The molecule has 1 heterocycles. The van der Waals surface area contributed by atoms with Crippen molar-refractivity contribution in [1.82, 2.24) is 10.2 Å². The molecule has 0 radical (unpaired) electrons. The minimum absolute atomic E-state index is 0.0987. The molecule has 100 valence electrons. The maximum atomic E-state index is 12.8. The molecular weight excluding hydrogens is 240 g/mol. The van der Waals surface area contributed by atoms with Crippen molar-refractivity contribution in [3.8, 4) is 0 Å². The Morgan fingerprint density at radius 3 is 2.53 bits per heavy atom. The summed E-state index contributed by atoms with van der Waals surface area (Å²) in [7, 11) is 0. The molecule has 1 saturated heterocycles. The van der Waals surface area contributed by atoms with Gasteiger partial charge in [-0.3, -0.25) is 10.1 Å². The Morgan fingerprint density at radius 2 is 2.06 bits per heavy atom. The molecule has 0 aromatic carbocycles. The molecule has 7 heteroatoms. The maximum absolute atomic E-state index is 12.8. The Hall–Kier alpha value is -0.850.